The topological polar surface area (TPSA) is 28.7 Å². The Bertz CT molecular complexity index is 4240. The number of rotatable bonds is 8. The smallest absolute Gasteiger partial charge is 0.220 e. The second kappa shape index (κ2) is 16.4. The summed E-state index contributed by atoms with van der Waals surface area (Å²) in [5.74, 6) is 0.880. The number of hydrogen-bond donors (Lipinski definition) is 0. The van der Waals surface area contributed by atoms with E-state index >= 15 is 0 Å². The molecule has 0 unspecified atom stereocenters. The van der Waals surface area contributed by atoms with E-state index in [0.717, 1.165) is 73.1 Å². The maximum Gasteiger partial charge on any atom is 0.220 e. The summed E-state index contributed by atoms with van der Waals surface area (Å²) in [7, 11) is 2.12. The molecule has 2 aliphatic rings. The van der Waals surface area contributed by atoms with Crippen LogP contribution in [-0.2, 0) is 5.41 Å². The molecule has 1 spiro atoms. The van der Waals surface area contributed by atoms with Crippen molar-refractivity contribution in [2.24, 2.45) is 0 Å². The molecule has 2 aromatic heterocycles. The first-order chi connectivity index (χ1) is 36.6. The average Bonchev–Trinajstić information content (AvgIpc) is 4.26. The fourth-order valence-corrected chi connectivity index (χ4v) is 12.4. The quantitative estimate of drug-likeness (QED) is 0.152. The molecule has 0 fully saturated rings. The highest BCUT2D eigenvalue weighted by Gasteiger charge is 2.51. The first kappa shape index (κ1) is 42.0. The summed E-state index contributed by atoms with van der Waals surface area (Å²) in [5, 5.41) is 0. The molecule has 0 atom stereocenters. The van der Waals surface area contributed by atoms with Gasteiger partial charge in [-0.2, -0.15) is 0 Å². The number of benzene rings is 11. The Labute approximate surface area is 429 Å². The van der Waals surface area contributed by atoms with Gasteiger partial charge in [0, 0.05) is 41.2 Å². The minimum absolute atomic E-state index is 0.453. The third kappa shape index (κ3) is 6.20. The monoisotopic (exact) mass is 945 g/mol. The molecule has 2 heterocycles. The van der Waals surface area contributed by atoms with Crippen LogP contribution < -0.4 is 9.80 Å². The minimum Gasteiger partial charge on any atom is -0.345 e. The Morgan fingerprint density at radius 1 is 0.338 bits per heavy atom. The van der Waals surface area contributed by atoms with E-state index in [1.807, 2.05) is 0 Å². The summed E-state index contributed by atoms with van der Waals surface area (Å²) in [4.78, 5) is 9.96. The Morgan fingerprint density at radius 2 is 0.824 bits per heavy atom. The van der Waals surface area contributed by atoms with Crippen LogP contribution in [0.5, 0.6) is 0 Å². The lowest BCUT2D eigenvalue weighted by Gasteiger charge is -2.32. The van der Waals surface area contributed by atoms with Gasteiger partial charge in [-0.15, -0.1) is 0 Å². The molecular formula is C69H47N5. The van der Waals surface area contributed by atoms with E-state index in [1.54, 1.807) is 0 Å². The van der Waals surface area contributed by atoms with Gasteiger partial charge in [-0.1, -0.05) is 176 Å². The zero-order valence-electron chi connectivity index (χ0n) is 40.6. The Kier molecular flexibility index (Phi) is 9.32. The number of hydrogen-bond acceptors (Lipinski definition) is 3. The van der Waals surface area contributed by atoms with Crippen LogP contribution in [0.2, 0.25) is 0 Å². The summed E-state index contributed by atoms with van der Waals surface area (Å²) in [6.07, 6.45) is 0. The van der Waals surface area contributed by atoms with Crippen LogP contribution in [0, 0.1) is 0 Å². The first-order valence-corrected chi connectivity index (χ1v) is 25.4. The maximum atomic E-state index is 5.30. The molecule has 0 radical (unpaired) electrons. The summed E-state index contributed by atoms with van der Waals surface area (Å²) in [6.45, 7) is 0. The van der Waals surface area contributed by atoms with Crippen molar-refractivity contribution in [1.29, 1.82) is 0 Å². The number of fused-ring (bicyclic) bond motifs is 15. The molecule has 74 heavy (non-hydrogen) atoms. The number of imidazole rings is 2. The second-order valence-corrected chi connectivity index (χ2v) is 19.6. The van der Waals surface area contributed by atoms with Crippen molar-refractivity contribution < 1.29 is 0 Å². The second-order valence-electron chi connectivity index (χ2n) is 19.6. The highest BCUT2D eigenvalue weighted by Crippen LogP contribution is 2.63. The van der Waals surface area contributed by atoms with E-state index in [1.165, 1.54) is 55.6 Å². The molecular weight excluding hydrogens is 899 g/mol. The predicted molar refractivity (Wildman–Crippen MR) is 306 cm³/mol. The van der Waals surface area contributed by atoms with Gasteiger partial charge >= 0.3 is 0 Å². The third-order valence-electron chi connectivity index (χ3n) is 15.8. The Morgan fingerprint density at radius 3 is 1.45 bits per heavy atom. The molecule has 13 aromatic rings. The molecule has 348 valence electrons. The van der Waals surface area contributed by atoms with Gasteiger partial charge in [-0.3, -0.25) is 8.97 Å². The molecule has 15 rings (SSSR count). The van der Waals surface area contributed by atoms with Gasteiger partial charge in [-0.05, 0) is 158 Å². The molecule has 2 aliphatic carbocycles. The van der Waals surface area contributed by atoms with Crippen molar-refractivity contribution in [3.63, 3.8) is 0 Å². The predicted octanol–water partition coefficient (Wildman–Crippen LogP) is 17.3. The van der Waals surface area contributed by atoms with E-state index in [0.29, 0.717) is 0 Å². The number of nitrogens with zero attached hydrogens (tertiary/aromatic N) is 5. The van der Waals surface area contributed by atoms with Crippen molar-refractivity contribution in [3.05, 3.63) is 289 Å². The van der Waals surface area contributed by atoms with Gasteiger partial charge in [-0.25, -0.2) is 4.98 Å². The summed E-state index contributed by atoms with van der Waals surface area (Å²) < 4.78 is 4.62. The lowest BCUT2D eigenvalue weighted by molar-refractivity contribution is 0.793. The average molecular weight is 946 g/mol. The first-order valence-electron chi connectivity index (χ1n) is 25.4. The molecule has 0 saturated heterocycles. The SMILES string of the molecule is CN(c1ccccc1)c1ccc2nc3n(-c4ccccc4)c4ccc(-c5ccc(N(c6ccc(-c7ccccc7)cc6)c6ccc7c(c6)C6(c8ccccc8-c8ccccc86)c6ccccc6-7)cc5)cc4n3c2c1. The third-order valence-corrected chi connectivity index (χ3v) is 15.8. The lowest BCUT2D eigenvalue weighted by Crippen LogP contribution is -2.26. The van der Waals surface area contributed by atoms with E-state index in [-0.39, 0.29) is 0 Å². The fraction of sp³-hybridized carbons (Fsp3) is 0.0290. The Balaban J connectivity index is 0.882. The molecule has 0 amide bonds. The van der Waals surface area contributed by atoms with Crippen LogP contribution in [0.3, 0.4) is 0 Å². The van der Waals surface area contributed by atoms with Crippen LogP contribution in [0.1, 0.15) is 22.3 Å². The maximum absolute atomic E-state index is 5.30. The van der Waals surface area contributed by atoms with Crippen LogP contribution in [-0.4, -0.2) is 21.0 Å². The lowest BCUT2D eigenvalue weighted by atomic mass is 9.70. The van der Waals surface area contributed by atoms with E-state index in [2.05, 4.69) is 293 Å². The minimum atomic E-state index is -0.453. The normalized spacial score (nSPS) is 12.8. The molecule has 0 N–H and O–H groups in total. The van der Waals surface area contributed by atoms with Crippen molar-refractivity contribution in [3.8, 4) is 50.2 Å². The van der Waals surface area contributed by atoms with Crippen LogP contribution in [0.25, 0.3) is 78.0 Å². The van der Waals surface area contributed by atoms with Gasteiger partial charge in [0.1, 0.15) is 0 Å². The van der Waals surface area contributed by atoms with Gasteiger partial charge in [0.05, 0.1) is 27.5 Å². The molecule has 0 bridgehead atoms. The van der Waals surface area contributed by atoms with Crippen molar-refractivity contribution in [2.45, 2.75) is 5.41 Å². The van der Waals surface area contributed by atoms with Crippen molar-refractivity contribution in [2.75, 3.05) is 16.8 Å². The Hall–Kier alpha value is -9.71. The summed E-state index contributed by atoms with van der Waals surface area (Å²) in [6, 6.07) is 97.6. The van der Waals surface area contributed by atoms with Crippen LogP contribution in [0.4, 0.5) is 28.4 Å². The number of anilines is 5. The van der Waals surface area contributed by atoms with Crippen molar-refractivity contribution in [1.82, 2.24) is 14.0 Å². The highest BCUT2D eigenvalue weighted by molar-refractivity contribution is 5.98. The molecule has 0 aliphatic heterocycles. The van der Waals surface area contributed by atoms with Gasteiger partial charge < -0.3 is 9.80 Å². The largest absolute Gasteiger partial charge is 0.345 e. The zero-order valence-corrected chi connectivity index (χ0v) is 40.6. The molecule has 11 aromatic carbocycles. The van der Waals surface area contributed by atoms with Crippen LogP contribution >= 0.6 is 0 Å². The van der Waals surface area contributed by atoms with Gasteiger partial charge in [0.15, 0.2) is 0 Å². The number of aromatic nitrogens is 3. The van der Waals surface area contributed by atoms with Crippen molar-refractivity contribution >= 4 is 56.3 Å². The molecule has 5 nitrogen and oxygen atoms in total. The van der Waals surface area contributed by atoms with Gasteiger partial charge in [0.2, 0.25) is 5.78 Å². The van der Waals surface area contributed by atoms with E-state index in [4.69, 9.17) is 4.98 Å². The summed E-state index contributed by atoms with van der Waals surface area (Å²) >= 11 is 0. The number of para-hydroxylation sites is 2. The van der Waals surface area contributed by atoms with Crippen LogP contribution in [0.15, 0.2) is 267 Å². The molecule has 5 heteroatoms. The van der Waals surface area contributed by atoms with Gasteiger partial charge in [0.25, 0.3) is 0 Å². The fourth-order valence-electron chi connectivity index (χ4n) is 12.4. The van der Waals surface area contributed by atoms with E-state index < -0.39 is 5.41 Å². The highest BCUT2D eigenvalue weighted by atomic mass is 15.2. The molecule has 0 saturated carbocycles. The zero-order chi connectivity index (χ0) is 48.9. The standard InChI is InChI=1S/C69H47N5/c1-71(50-19-7-3-8-20-50)54-39-41-64-66(45-54)74-67-43-49(33-42-65(67)73(68(74)70-64)51-21-9-4-10-22-51)48-31-36-53(37-32-48)72(52-34-29-47(30-35-52)46-17-5-2-6-18-46)55-38-40-59-58-25-13-16-28-62(58)69(63(59)44-55)60-26-14-11-23-56(60)57-24-12-15-27-61(57)69/h2-45H,1H3. The van der Waals surface area contributed by atoms with E-state index in [9.17, 15) is 0 Å². The summed E-state index contributed by atoms with van der Waals surface area (Å²) in [5.41, 5.74) is 25.4.